The third-order valence-electron chi connectivity index (χ3n) is 5.84. The first-order valence-corrected chi connectivity index (χ1v) is 9.39. The molecule has 0 unspecified atom stereocenters. The van der Waals surface area contributed by atoms with Crippen LogP contribution in [-0.2, 0) is 16.8 Å². The number of fused-ring (bicyclic) bond motifs is 2. The summed E-state index contributed by atoms with van der Waals surface area (Å²) in [6.07, 6.45) is 2.36. The van der Waals surface area contributed by atoms with Gasteiger partial charge in [0, 0.05) is 18.7 Å². The summed E-state index contributed by atoms with van der Waals surface area (Å²) < 4.78 is 25.2. The summed E-state index contributed by atoms with van der Waals surface area (Å²) in [6, 6.07) is 10.5. The van der Waals surface area contributed by atoms with Gasteiger partial charge in [-0.3, -0.25) is 4.79 Å². The van der Waals surface area contributed by atoms with Gasteiger partial charge < -0.3 is 14.4 Å². The lowest BCUT2D eigenvalue weighted by Gasteiger charge is -2.45. The van der Waals surface area contributed by atoms with Gasteiger partial charge in [0.05, 0.1) is 19.3 Å². The molecule has 4 nitrogen and oxygen atoms in total. The van der Waals surface area contributed by atoms with E-state index in [0.717, 1.165) is 30.6 Å². The summed E-state index contributed by atoms with van der Waals surface area (Å²) in [5.41, 5.74) is 3.38. The van der Waals surface area contributed by atoms with Crippen molar-refractivity contribution in [3.05, 3.63) is 64.5 Å². The second-order valence-electron chi connectivity index (χ2n) is 7.37. The number of hydrogen-bond donors (Lipinski definition) is 0. The van der Waals surface area contributed by atoms with Crippen molar-refractivity contribution < 1.29 is 18.7 Å². The first-order chi connectivity index (χ1) is 13.0. The lowest BCUT2D eigenvalue weighted by molar-refractivity contribution is -0.0935. The SMILES string of the molecule is COc1ccc2c(c1)CCOC21CCN(C(=O)c2cc(F)ccc2C)CC1. The molecule has 2 aliphatic heterocycles. The maximum atomic E-state index is 13.6. The van der Waals surface area contributed by atoms with Gasteiger partial charge in [-0.1, -0.05) is 12.1 Å². The van der Waals surface area contributed by atoms with Gasteiger partial charge in [0.1, 0.15) is 11.6 Å². The van der Waals surface area contributed by atoms with Crippen molar-refractivity contribution in [2.75, 3.05) is 26.8 Å². The molecule has 27 heavy (non-hydrogen) atoms. The van der Waals surface area contributed by atoms with Crippen LogP contribution >= 0.6 is 0 Å². The molecule has 0 N–H and O–H groups in total. The fraction of sp³-hybridized carbons (Fsp3) is 0.409. The molecule has 0 aliphatic carbocycles. The number of piperidine rings is 1. The van der Waals surface area contributed by atoms with Crippen LogP contribution in [0.25, 0.3) is 0 Å². The van der Waals surface area contributed by atoms with Crippen molar-refractivity contribution in [2.45, 2.75) is 31.8 Å². The Balaban J connectivity index is 1.54. The van der Waals surface area contributed by atoms with Gasteiger partial charge in [-0.2, -0.15) is 0 Å². The van der Waals surface area contributed by atoms with E-state index < -0.39 is 0 Å². The van der Waals surface area contributed by atoms with Gasteiger partial charge in [0.2, 0.25) is 0 Å². The third-order valence-corrected chi connectivity index (χ3v) is 5.84. The topological polar surface area (TPSA) is 38.8 Å². The zero-order valence-corrected chi connectivity index (χ0v) is 15.8. The summed E-state index contributed by atoms with van der Waals surface area (Å²) in [5.74, 6) is 0.378. The van der Waals surface area contributed by atoms with E-state index in [-0.39, 0.29) is 17.3 Å². The van der Waals surface area contributed by atoms with Crippen LogP contribution < -0.4 is 4.74 Å². The van der Waals surface area contributed by atoms with Gasteiger partial charge in [-0.25, -0.2) is 4.39 Å². The maximum absolute atomic E-state index is 13.6. The number of hydrogen-bond acceptors (Lipinski definition) is 3. The number of carbonyl (C=O) groups is 1. The lowest BCUT2D eigenvalue weighted by atomic mass is 9.79. The number of ether oxygens (including phenoxy) is 2. The number of aryl methyl sites for hydroxylation is 1. The van der Waals surface area contributed by atoms with Crippen LogP contribution in [0.5, 0.6) is 5.75 Å². The van der Waals surface area contributed by atoms with E-state index in [1.165, 1.54) is 23.3 Å². The van der Waals surface area contributed by atoms with Gasteiger partial charge >= 0.3 is 0 Å². The minimum atomic E-state index is -0.379. The Morgan fingerprint density at radius 2 is 1.96 bits per heavy atom. The summed E-state index contributed by atoms with van der Waals surface area (Å²) in [7, 11) is 1.68. The molecule has 1 fully saturated rings. The molecule has 0 bridgehead atoms. The molecule has 0 radical (unpaired) electrons. The Morgan fingerprint density at radius 1 is 1.19 bits per heavy atom. The molecule has 4 rings (SSSR count). The molecular formula is C22H24FNO3. The smallest absolute Gasteiger partial charge is 0.254 e. The molecule has 142 valence electrons. The molecule has 0 atom stereocenters. The van der Waals surface area contributed by atoms with Gasteiger partial charge in [-0.05, 0) is 67.1 Å². The highest BCUT2D eigenvalue weighted by Crippen LogP contribution is 2.42. The predicted molar refractivity (Wildman–Crippen MR) is 101 cm³/mol. The van der Waals surface area contributed by atoms with Crippen LogP contribution in [0.4, 0.5) is 4.39 Å². The van der Waals surface area contributed by atoms with Gasteiger partial charge in [0.15, 0.2) is 0 Å². The summed E-state index contributed by atoms with van der Waals surface area (Å²) in [4.78, 5) is 14.7. The Labute approximate surface area is 158 Å². The number of halogens is 1. The molecule has 1 saturated heterocycles. The van der Waals surface area contributed by atoms with E-state index in [4.69, 9.17) is 9.47 Å². The predicted octanol–water partition coefficient (Wildman–Crippen LogP) is 3.85. The normalized spacial score (nSPS) is 18.3. The number of rotatable bonds is 2. The summed E-state index contributed by atoms with van der Waals surface area (Å²) in [5, 5.41) is 0. The second-order valence-corrected chi connectivity index (χ2v) is 7.37. The maximum Gasteiger partial charge on any atom is 0.254 e. The van der Waals surface area contributed by atoms with E-state index >= 15 is 0 Å². The summed E-state index contributed by atoms with van der Waals surface area (Å²) in [6.45, 7) is 3.71. The molecular weight excluding hydrogens is 345 g/mol. The number of nitrogens with zero attached hydrogens (tertiary/aromatic N) is 1. The number of amides is 1. The Kier molecular flexibility index (Phi) is 4.64. The third kappa shape index (κ3) is 3.21. The van der Waals surface area contributed by atoms with Crippen LogP contribution in [-0.4, -0.2) is 37.6 Å². The van der Waals surface area contributed by atoms with Crippen molar-refractivity contribution in [3.63, 3.8) is 0 Å². The number of likely N-dealkylation sites (tertiary alicyclic amines) is 1. The molecule has 2 heterocycles. The van der Waals surface area contributed by atoms with E-state index in [1.807, 2.05) is 17.9 Å². The second kappa shape index (κ2) is 6.97. The highest BCUT2D eigenvalue weighted by molar-refractivity contribution is 5.95. The highest BCUT2D eigenvalue weighted by Gasteiger charge is 2.42. The molecule has 2 aliphatic rings. The van der Waals surface area contributed by atoms with Crippen LogP contribution in [0.2, 0.25) is 0 Å². The van der Waals surface area contributed by atoms with Crippen LogP contribution in [0, 0.1) is 12.7 Å². The monoisotopic (exact) mass is 369 g/mol. The molecule has 0 saturated carbocycles. The van der Waals surface area contributed by atoms with Gasteiger partial charge in [-0.15, -0.1) is 0 Å². The van der Waals surface area contributed by atoms with E-state index in [0.29, 0.717) is 25.3 Å². The average molecular weight is 369 g/mol. The molecule has 2 aromatic rings. The van der Waals surface area contributed by atoms with Gasteiger partial charge in [0.25, 0.3) is 5.91 Å². The zero-order valence-electron chi connectivity index (χ0n) is 15.8. The molecule has 1 spiro atoms. The number of benzene rings is 2. The van der Waals surface area contributed by atoms with Crippen LogP contribution in [0.15, 0.2) is 36.4 Å². The van der Waals surface area contributed by atoms with E-state index in [2.05, 4.69) is 12.1 Å². The standard InChI is InChI=1S/C22H24FNO3/c1-15-3-4-17(23)14-19(15)21(25)24-10-8-22(9-11-24)20-6-5-18(26-2)13-16(20)7-12-27-22/h3-6,13-14H,7-12H2,1-2H3. The lowest BCUT2D eigenvalue weighted by Crippen LogP contribution is -2.48. The Morgan fingerprint density at radius 3 is 2.70 bits per heavy atom. The Hall–Kier alpha value is -2.40. The highest BCUT2D eigenvalue weighted by atomic mass is 19.1. The van der Waals surface area contributed by atoms with E-state index in [1.54, 1.807) is 13.2 Å². The first kappa shape index (κ1) is 18.0. The molecule has 0 aromatic heterocycles. The van der Waals surface area contributed by atoms with Crippen molar-refractivity contribution in [1.82, 2.24) is 4.90 Å². The van der Waals surface area contributed by atoms with Crippen molar-refractivity contribution in [1.29, 1.82) is 0 Å². The van der Waals surface area contributed by atoms with Crippen molar-refractivity contribution in [2.24, 2.45) is 0 Å². The van der Waals surface area contributed by atoms with Crippen molar-refractivity contribution in [3.8, 4) is 5.75 Å². The Bertz CT molecular complexity index is 872. The largest absolute Gasteiger partial charge is 0.497 e. The number of methoxy groups -OCH3 is 1. The summed E-state index contributed by atoms with van der Waals surface area (Å²) >= 11 is 0. The molecule has 5 heteroatoms. The fourth-order valence-electron chi connectivity index (χ4n) is 4.26. The quantitative estimate of drug-likeness (QED) is 0.807. The minimum absolute atomic E-state index is 0.104. The molecule has 2 aromatic carbocycles. The van der Waals surface area contributed by atoms with E-state index in [9.17, 15) is 9.18 Å². The van der Waals surface area contributed by atoms with Crippen molar-refractivity contribution >= 4 is 5.91 Å². The minimum Gasteiger partial charge on any atom is -0.497 e. The zero-order chi connectivity index (χ0) is 19.0. The van der Waals surface area contributed by atoms with Crippen LogP contribution in [0.3, 0.4) is 0 Å². The average Bonchev–Trinajstić information content (AvgIpc) is 2.70. The molecule has 1 amide bonds. The van der Waals surface area contributed by atoms with Crippen LogP contribution in [0.1, 0.15) is 39.9 Å². The number of carbonyl (C=O) groups excluding carboxylic acids is 1. The fourth-order valence-corrected chi connectivity index (χ4v) is 4.26. The first-order valence-electron chi connectivity index (χ1n) is 9.39.